The Morgan fingerprint density at radius 1 is 1.29 bits per heavy atom. The number of nitrogens with zero attached hydrogens (tertiary/aromatic N) is 1. The molecule has 1 aromatic heterocycles. The number of aromatic amines is 1. The molecule has 0 spiro atoms. The summed E-state index contributed by atoms with van der Waals surface area (Å²) in [5.41, 5.74) is 2.53. The van der Waals surface area contributed by atoms with Gasteiger partial charge in [-0.25, -0.2) is 13.6 Å². The highest BCUT2D eigenvalue weighted by atomic mass is 32.2. The van der Waals surface area contributed by atoms with Crippen LogP contribution in [0.1, 0.15) is 27.3 Å². The number of rotatable bonds is 3. The molecule has 1 aromatic carbocycles. The van der Waals surface area contributed by atoms with E-state index in [1.54, 1.807) is 32.9 Å². The standard InChI is InChI=1S/C13H16N4O3S/c1-7-4-5-10(6-11(7)21(14,19)20)15-13(18)12-8(2)16-17-9(12)3/h4-6H,1-3H3,(H,15,18)(H,16,17)(H2,14,19,20). The van der Waals surface area contributed by atoms with Gasteiger partial charge in [-0.3, -0.25) is 9.89 Å². The number of hydrogen-bond donors (Lipinski definition) is 3. The van der Waals surface area contributed by atoms with Crippen molar-refractivity contribution in [3.63, 3.8) is 0 Å². The number of sulfonamides is 1. The number of nitrogens with one attached hydrogen (secondary N) is 2. The number of carbonyl (C=O) groups is 1. The molecule has 4 N–H and O–H groups in total. The highest BCUT2D eigenvalue weighted by Crippen LogP contribution is 2.20. The van der Waals surface area contributed by atoms with Crippen LogP contribution >= 0.6 is 0 Å². The van der Waals surface area contributed by atoms with E-state index in [2.05, 4.69) is 15.5 Å². The Bertz CT molecular complexity index is 789. The Morgan fingerprint density at radius 3 is 2.48 bits per heavy atom. The number of anilines is 1. The molecule has 0 saturated carbocycles. The minimum atomic E-state index is -3.83. The van der Waals surface area contributed by atoms with Crippen molar-refractivity contribution in [3.8, 4) is 0 Å². The minimum Gasteiger partial charge on any atom is -0.322 e. The molecule has 112 valence electrons. The van der Waals surface area contributed by atoms with Crippen molar-refractivity contribution in [2.24, 2.45) is 5.14 Å². The Hall–Kier alpha value is -2.19. The summed E-state index contributed by atoms with van der Waals surface area (Å²) in [5.74, 6) is -0.358. The van der Waals surface area contributed by atoms with E-state index in [1.165, 1.54) is 6.07 Å². The van der Waals surface area contributed by atoms with Gasteiger partial charge in [-0.2, -0.15) is 5.10 Å². The van der Waals surface area contributed by atoms with Gasteiger partial charge in [0.1, 0.15) is 0 Å². The van der Waals surface area contributed by atoms with Crippen LogP contribution in [0.5, 0.6) is 0 Å². The molecule has 2 rings (SSSR count). The van der Waals surface area contributed by atoms with Crippen LogP contribution in [0, 0.1) is 20.8 Å². The number of aryl methyl sites for hydroxylation is 3. The van der Waals surface area contributed by atoms with Crippen LogP contribution in [-0.2, 0) is 10.0 Å². The maximum atomic E-state index is 12.2. The summed E-state index contributed by atoms with van der Waals surface area (Å²) < 4.78 is 23.0. The van der Waals surface area contributed by atoms with E-state index < -0.39 is 10.0 Å². The van der Waals surface area contributed by atoms with E-state index in [1.807, 2.05) is 0 Å². The number of carbonyl (C=O) groups excluding carboxylic acids is 1. The van der Waals surface area contributed by atoms with E-state index in [4.69, 9.17) is 5.14 Å². The highest BCUT2D eigenvalue weighted by Gasteiger charge is 2.17. The number of primary sulfonamides is 1. The van der Waals surface area contributed by atoms with E-state index in [9.17, 15) is 13.2 Å². The minimum absolute atomic E-state index is 0.0130. The molecule has 8 heteroatoms. The first kappa shape index (κ1) is 15.2. The molecule has 2 aromatic rings. The topological polar surface area (TPSA) is 118 Å². The number of H-pyrrole nitrogens is 1. The number of hydrogen-bond acceptors (Lipinski definition) is 4. The molecule has 0 aliphatic rings. The van der Waals surface area contributed by atoms with Gasteiger partial charge in [0, 0.05) is 11.4 Å². The van der Waals surface area contributed by atoms with Crippen LogP contribution in [-0.4, -0.2) is 24.5 Å². The van der Waals surface area contributed by atoms with Gasteiger partial charge in [0.25, 0.3) is 5.91 Å². The van der Waals surface area contributed by atoms with Crippen LogP contribution < -0.4 is 10.5 Å². The highest BCUT2D eigenvalue weighted by molar-refractivity contribution is 7.89. The number of nitrogens with two attached hydrogens (primary N) is 1. The third-order valence-electron chi connectivity index (χ3n) is 3.11. The zero-order chi connectivity index (χ0) is 15.8. The molecule has 21 heavy (non-hydrogen) atoms. The van der Waals surface area contributed by atoms with Crippen molar-refractivity contribution in [2.75, 3.05) is 5.32 Å². The maximum Gasteiger partial charge on any atom is 0.259 e. The van der Waals surface area contributed by atoms with Crippen molar-refractivity contribution in [1.29, 1.82) is 0 Å². The summed E-state index contributed by atoms with van der Waals surface area (Å²) in [6.45, 7) is 5.08. The predicted molar refractivity (Wildman–Crippen MR) is 78.6 cm³/mol. The number of aromatic nitrogens is 2. The van der Waals surface area contributed by atoms with Crippen molar-refractivity contribution in [1.82, 2.24) is 10.2 Å². The van der Waals surface area contributed by atoms with Gasteiger partial charge in [0.05, 0.1) is 16.2 Å². The first-order chi connectivity index (χ1) is 9.70. The number of benzene rings is 1. The maximum absolute atomic E-state index is 12.2. The van der Waals surface area contributed by atoms with E-state index in [-0.39, 0.29) is 10.8 Å². The normalized spacial score (nSPS) is 11.4. The molecule has 0 unspecified atom stereocenters. The Balaban J connectivity index is 2.35. The van der Waals surface area contributed by atoms with Crippen molar-refractivity contribution in [3.05, 3.63) is 40.7 Å². The fraction of sp³-hybridized carbons (Fsp3) is 0.231. The first-order valence-corrected chi connectivity index (χ1v) is 7.71. The Morgan fingerprint density at radius 2 is 1.95 bits per heavy atom. The van der Waals surface area contributed by atoms with Crippen molar-refractivity contribution >= 4 is 21.6 Å². The lowest BCUT2D eigenvalue weighted by Gasteiger charge is -2.09. The van der Waals surface area contributed by atoms with Gasteiger partial charge in [0.2, 0.25) is 10.0 Å². The molecule has 0 fully saturated rings. The van der Waals surface area contributed by atoms with Crippen LogP contribution in [0.2, 0.25) is 0 Å². The van der Waals surface area contributed by atoms with Crippen molar-refractivity contribution < 1.29 is 13.2 Å². The predicted octanol–water partition coefficient (Wildman–Crippen LogP) is 1.23. The molecule has 0 aliphatic heterocycles. The molecule has 0 bridgehead atoms. The molecule has 0 radical (unpaired) electrons. The molecule has 1 amide bonds. The van der Waals surface area contributed by atoms with E-state index in [0.29, 0.717) is 28.2 Å². The summed E-state index contributed by atoms with van der Waals surface area (Å²) in [4.78, 5) is 12.2. The van der Waals surface area contributed by atoms with Gasteiger partial charge >= 0.3 is 0 Å². The Kier molecular flexibility index (Phi) is 3.84. The quantitative estimate of drug-likeness (QED) is 0.790. The van der Waals surface area contributed by atoms with Crippen molar-refractivity contribution in [2.45, 2.75) is 25.7 Å². The molecule has 7 nitrogen and oxygen atoms in total. The van der Waals surface area contributed by atoms with Crippen LogP contribution in [0.4, 0.5) is 5.69 Å². The molecule has 0 aliphatic carbocycles. The smallest absolute Gasteiger partial charge is 0.259 e. The third-order valence-corrected chi connectivity index (χ3v) is 4.16. The molecular formula is C13H16N4O3S. The monoisotopic (exact) mass is 308 g/mol. The summed E-state index contributed by atoms with van der Waals surface area (Å²) in [6.07, 6.45) is 0. The van der Waals surface area contributed by atoms with Gasteiger partial charge in [-0.1, -0.05) is 6.07 Å². The lowest BCUT2D eigenvalue weighted by Crippen LogP contribution is -2.16. The van der Waals surface area contributed by atoms with E-state index in [0.717, 1.165) is 0 Å². The first-order valence-electron chi connectivity index (χ1n) is 6.16. The largest absolute Gasteiger partial charge is 0.322 e. The number of amides is 1. The fourth-order valence-electron chi connectivity index (χ4n) is 2.06. The third kappa shape index (κ3) is 3.11. The lowest BCUT2D eigenvalue weighted by atomic mass is 10.1. The molecule has 0 saturated heterocycles. The van der Waals surface area contributed by atoms with E-state index >= 15 is 0 Å². The average molecular weight is 308 g/mol. The van der Waals surface area contributed by atoms with Gasteiger partial charge in [0.15, 0.2) is 0 Å². The second kappa shape index (κ2) is 5.30. The van der Waals surface area contributed by atoms with Gasteiger partial charge in [-0.05, 0) is 38.5 Å². The van der Waals surface area contributed by atoms with Crippen LogP contribution in [0.25, 0.3) is 0 Å². The Labute approximate surface area is 122 Å². The zero-order valence-corrected chi connectivity index (χ0v) is 12.7. The van der Waals surface area contributed by atoms with Crippen LogP contribution in [0.15, 0.2) is 23.1 Å². The second-order valence-electron chi connectivity index (χ2n) is 4.79. The van der Waals surface area contributed by atoms with Crippen LogP contribution in [0.3, 0.4) is 0 Å². The summed E-state index contributed by atoms with van der Waals surface area (Å²) in [7, 11) is -3.83. The molecule has 1 heterocycles. The SMILES string of the molecule is Cc1ccc(NC(=O)c2c(C)n[nH]c2C)cc1S(N)(=O)=O. The fourth-order valence-corrected chi connectivity index (χ4v) is 2.87. The lowest BCUT2D eigenvalue weighted by molar-refractivity contribution is 0.102. The second-order valence-corrected chi connectivity index (χ2v) is 6.32. The summed E-state index contributed by atoms with van der Waals surface area (Å²) in [5, 5.41) is 14.5. The van der Waals surface area contributed by atoms with Gasteiger partial charge in [-0.15, -0.1) is 0 Å². The molecule has 0 atom stereocenters. The summed E-state index contributed by atoms with van der Waals surface area (Å²) in [6, 6.07) is 4.55. The van der Waals surface area contributed by atoms with Gasteiger partial charge < -0.3 is 5.32 Å². The zero-order valence-electron chi connectivity index (χ0n) is 11.9. The summed E-state index contributed by atoms with van der Waals surface area (Å²) >= 11 is 0. The molecular weight excluding hydrogens is 292 g/mol. The average Bonchev–Trinajstić information content (AvgIpc) is 2.70.